The second kappa shape index (κ2) is 4.93. The monoisotopic (exact) mass is 298 g/mol. The molecule has 0 amide bonds. The van der Waals surface area contributed by atoms with Crippen LogP contribution in [0.15, 0.2) is 42.6 Å². The fraction of sp³-hybridized carbons (Fsp3) is 0.118. The van der Waals surface area contributed by atoms with Gasteiger partial charge >= 0.3 is 0 Å². The molecule has 3 nitrogen and oxygen atoms in total. The van der Waals surface area contributed by atoms with Crippen molar-refractivity contribution in [3.8, 4) is 0 Å². The van der Waals surface area contributed by atoms with E-state index in [0.717, 1.165) is 16.5 Å². The lowest BCUT2D eigenvalue weighted by Gasteiger charge is -2.04. The van der Waals surface area contributed by atoms with Gasteiger partial charge in [-0.05, 0) is 36.8 Å². The Bertz CT molecular complexity index is 865. The van der Waals surface area contributed by atoms with Crippen LogP contribution in [0.4, 0.5) is 5.69 Å². The molecule has 0 radical (unpaired) electrons. The summed E-state index contributed by atoms with van der Waals surface area (Å²) in [6, 6.07) is 11.0. The van der Waals surface area contributed by atoms with Crippen LogP contribution in [0.3, 0.4) is 0 Å². The first-order valence-corrected chi connectivity index (χ1v) is 7.00. The first-order chi connectivity index (χ1) is 9.97. The van der Waals surface area contributed by atoms with Gasteiger partial charge in [-0.3, -0.25) is 4.79 Å². The molecule has 0 aliphatic rings. The van der Waals surface area contributed by atoms with Crippen LogP contribution in [-0.4, -0.2) is 10.4 Å². The minimum absolute atomic E-state index is 0.109. The van der Waals surface area contributed by atoms with E-state index >= 15 is 0 Å². The van der Waals surface area contributed by atoms with Crippen LogP contribution in [0, 0.1) is 6.92 Å². The zero-order valence-electron chi connectivity index (χ0n) is 11.9. The Balaban J connectivity index is 2.21. The maximum Gasteiger partial charge on any atom is 0.196 e. The van der Waals surface area contributed by atoms with Gasteiger partial charge in [0.1, 0.15) is 0 Å². The van der Waals surface area contributed by atoms with Crippen molar-refractivity contribution in [3.63, 3.8) is 0 Å². The van der Waals surface area contributed by atoms with Crippen molar-refractivity contribution in [2.24, 2.45) is 7.05 Å². The Hall–Kier alpha value is -2.26. The predicted octanol–water partition coefficient (Wildman–Crippen LogP) is 3.95. The van der Waals surface area contributed by atoms with Crippen LogP contribution in [0.1, 0.15) is 21.5 Å². The predicted molar refractivity (Wildman–Crippen MR) is 87.0 cm³/mol. The molecule has 0 saturated heterocycles. The number of benzene rings is 2. The minimum Gasteiger partial charge on any atom is -0.399 e. The Morgan fingerprint density at radius 1 is 1.14 bits per heavy atom. The molecule has 0 spiro atoms. The van der Waals surface area contributed by atoms with E-state index < -0.39 is 0 Å². The van der Waals surface area contributed by atoms with Gasteiger partial charge in [0.05, 0.1) is 5.02 Å². The zero-order chi connectivity index (χ0) is 15.1. The van der Waals surface area contributed by atoms with Crippen molar-refractivity contribution in [1.29, 1.82) is 0 Å². The number of ketones is 1. The summed E-state index contributed by atoms with van der Waals surface area (Å²) in [6.45, 7) is 2.03. The van der Waals surface area contributed by atoms with E-state index in [1.807, 2.05) is 36.9 Å². The van der Waals surface area contributed by atoms with Crippen LogP contribution >= 0.6 is 11.6 Å². The molecule has 3 aromatic rings. The van der Waals surface area contributed by atoms with E-state index in [9.17, 15) is 4.79 Å². The molecule has 106 valence electrons. The summed E-state index contributed by atoms with van der Waals surface area (Å²) in [6.07, 6.45) is 1.84. The molecule has 0 unspecified atom stereocenters. The normalized spacial score (nSPS) is 11.0. The summed E-state index contributed by atoms with van der Waals surface area (Å²) in [5.74, 6) is -0.109. The number of hydrogen-bond donors (Lipinski definition) is 1. The van der Waals surface area contributed by atoms with Gasteiger partial charge in [0.2, 0.25) is 0 Å². The largest absolute Gasteiger partial charge is 0.399 e. The van der Waals surface area contributed by atoms with E-state index in [1.54, 1.807) is 18.2 Å². The van der Waals surface area contributed by atoms with Crippen LogP contribution in [-0.2, 0) is 7.05 Å². The van der Waals surface area contributed by atoms with E-state index in [-0.39, 0.29) is 5.78 Å². The van der Waals surface area contributed by atoms with Crippen molar-refractivity contribution >= 4 is 34.0 Å². The molecule has 0 aliphatic heterocycles. The molecule has 0 fully saturated rings. The minimum atomic E-state index is -0.109. The maximum absolute atomic E-state index is 12.8. The number of hydrogen-bond acceptors (Lipinski definition) is 2. The summed E-state index contributed by atoms with van der Waals surface area (Å²) in [5, 5.41) is 1.34. The van der Waals surface area contributed by atoms with Crippen molar-refractivity contribution in [2.75, 3.05) is 5.73 Å². The van der Waals surface area contributed by atoms with Gasteiger partial charge in [-0.1, -0.05) is 23.7 Å². The summed E-state index contributed by atoms with van der Waals surface area (Å²) >= 11 is 6.14. The smallest absolute Gasteiger partial charge is 0.196 e. The molecule has 0 atom stereocenters. The van der Waals surface area contributed by atoms with Crippen LogP contribution in [0.5, 0.6) is 0 Å². The fourth-order valence-corrected chi connectivity index (χ4v) is 2.74. The van der Waals surface area contributed by atoms with Gasteiger partial charge in [-0.15, -0.1) is 0 Å². The van der Waals surface area contributed by atoms with Gasteiger partial charge in [-0.25, -0.2) is 0 Å². The van der Waals surface area contributed by atoms with Crippen molar-refractivity contribution in [2.45, 2.75) is 6.92 Å². The quantitative estimate of drug-likeness (QED) is 0.575. The average Bonchev–Trinajstić information content (AvgIpc) is 2.78. The zero-order valence-corrected chi connectivity index (χ0v) is 12.6. The molecular formula is C17H15ClN2O. The standard InChI is InChI=1S/C17H15ClN2O/c1-10-3-5-12-14(9-20(2)16(12)7-10)17(21)13-8-11(19)4-6-15(13)18/h3-9H,19H2,1-2H3. The Labute approximate surface area is 127 Å². The number of fused-ring (bicyclic) bond motifs is 1. The third kappa shape index (κ3) is 2.30. The molecule has 2 aromatic carbocycles. The lowest BCUT2D eigenvalue weighted by atomic mass is 10.0. The van der Waals surface area contributed by atoms with Crippen LogP contribution in [0.25, 0.3) is 10.9 Å². The third-order valence-electron chi connectivity index (χ3n) is 3.63. The number of aromatic nitrogens is 1. The SMILES string of the molecule is Cc1ccc2c(C(=O)c3cc(N)ccc3Cl)cn(C)c2c1. The lowest BCUT2D eigenvalue weighted by Crippen LogP contribution is -2.02. The van der Waals surface area contributed by atoms with E-state index in [2.05, 4.69) is 6.07 Å². The first kappa shape index (κ1) is 13.7. The molecular weight excluding hydrogens is 284 g/mol. The highest BCUT2D eigenvalue weighted by atomic mass is 35.5. The molecule has 0 saturated carbocycles. The summed E-state index contributed by atoms with van der Waals surface area (Å²) < 4.78 is 1.95. The number of rotatable bonds is 2. The second-order valence-electron chi connectivity index (χ2n) is 5.24. The molecule has 3 rings (SSSR count). The maximum atomic E-state index is 12.8. The molecule has 2 N–H and O–H groups in total. The molecule has 1 aromatic heterocycles. The van der Waals surface area contributed by atoms with Crippen molar-refractivity contribution < 1.29 is 4.79 Å². The molecule has 21 heavy (non-hydrogen) atoms. The first-order valence-electron chi connectivity index (χ1n) is 6.63. The van der Waals surface area contributed by atoms with E-state index in [1.165, 1.54) is 0 Å². The number of halogens is 1. The molecule has 1 heterocycles. The average molecular weight is 299 g/mol. The van der Waals surface area contributed by atoms with Gasteiger partial charge in [-0.2, -0.15) is 0 Å². The number of aryl methyl sites for hydroxylation is 2. The van der Waals surface area contributed by atoms with Crippen LogP contribution in [0.2, 0.25) is 5.02 Å². The number of nitrogens with zero attached hydrogens (tertiary/aromatic N) is 1. The summed E-state index contributed by atoms with van der Waals surface area (Å²) in [4.78, 5) is 12.8. The second-order valence-corrected chi connectivity index (χ2v) is 5.65. The topological polar surface area (TPSA) is 48.0 Å². The Morgan fingerprint density at radius 3 is 2.67 bits per heavy atom. The number of anilines is 1. The third-order valence-corrected chi connectivity index (χ3v) is 3.96. The highest BCUT2D eigenvalue weighted by Gasteiger charge is 2.18. The van der Waals surface area contributed by atoms with E-state index in [0.29, 0.717) is 21.8 Å². The van der Waals surface area contributed by atoms with Crippen molar-refractivity contribution in [1.82, 2.24) is 4.57 Å². The Morgan fingerprint density at radius 2 is 1.90 bits per heavy atom. The van der Waals surface area contributed by atoms with E-state index in [4.69, 9.17) is 17.3 Å². The molecule has 0 bridgehead atoms. The van der Waals surface area contributed by atoms with Gasteiger partial charge in [0.25, 0.3) is 0 Å². The van der Waals surface area contributed by atoms with Gasteiger partial charge in [0, 0.05) is 41.0 Å². The fourth-order valence-electron chi connectivity index (χ4n) is 2.54. The highest BCUT2D eigenvalue weighted by Crippen LogP contribution is 2.27. The van der Waals surface area contributed by atoms with Crippen LogP contribution < -0.4 is 5.73 Å². The van der Waals surface area contributed by atoms with Gasteiger partial charge < -0.3 is 10.3 Å². The molecule has 0 aliphatic carbocycles. The van der Waals surface area contributed by atoms with Gasteiger partial charge in [0.15, 0.2) is 5.78 Å². The highest BCUT2D eigenvalue weighted by molar-refractivity contribution is 6.35. The number of carbonyl (C=O) groups excluding carboxylic acids is 1. The summed E-state index contributed by atoms with van der Waals surface area (Å²) in [5.41, 5.74) is 9.55. The number of carbonyl (C=O) groups is 1. The van der Waals surface area contributed by atoms with Crippen molar-refractivity contribution in [3.05, 3.63) is 64.3 Å². The Kier molecular flexibility index (Phi) is 3.22. The lowest BCUT2D eigenvalue weighted by molar-refractivity contribution is 0.104. The molecule has 4 heteroatoms. The number of nitrogen functional groups attached to an aromatic ring is 1. The summed E-state index contributed by atoms with van der Waals surface area (Å²) in [7, 11) is 1.93. The number of nitrogens with two attached hydrogens (primary N) is 1.